The van der Waals surface area contributed by atoms with Crippen molar-refractivity contribution in [1.29, 1.82) is 0 Å². The molecule has 0 aliphatic carbocycles. The van der Waals surface area contributed by atoms with Crippen LogP contribution < -0.4 is 5.56 Å². The summed E-state index contributed by atoms with van der Waals surface area (Å²) in [5.41, 5.74) is 1.52. The number of fused-ring (bicyclic) bond motifs is 1. The molecule has 0 aliphatic rings. The van der Waals surface area contributed by atoms with Gasteiger partial charge in [-0.15, -0.1) is 11.3 Å². The van der Waals surface area contributed by atoms with E-state index in [1.165, 1.54) is 31.8 Å². The molecule has 0 N–H and O–H groups in total. The zero-order valence-corrected chi connectivity index (χ0v) is 14.5. The third-order valence-electron chi connectivity index (χ3n) is 3.87. The molecule has 2 heterocycles. The first-order chi connectivity index (χ1) is 11.5. The number of aryl methyl sites for hydroxylation is 1. The van der Waals surface area contributed by atoms with Crippen LogP contribution in [0.4, 0.5) is 0 Å². The molecule has 7 heteroatoms. The minimum Gasteiger partial charge on any atom is -0.294 e. The molecule has 24 heavy (non-hydrogen) atoms. The van der Waals surface area contributed by atoms with Gasteiger partial charge in [0.05, 0.1) is 25.4 Å². The second kappa shape index (κ2) is 6.54. The van der Waals surface area contributed by atoms with Crippen LogP contribution >= 0.6 is 11.3 Å². The summed E-state index contributed by atoms with van der Waals surface area (Å²) in [6.07, 6.45) is 1.53. The first-order valence-corrected chi connectivity index (χ1v) is 8.19. The molecule has 124 valence electrons. The molecule has 0 aliphatic heterocycles. The average Bonchev–Trinajstić information content (AvgIpc) is 2.94. The number of rotatable bonds is 4. The van der Waals surface area contributed by atoms with E-state index >= 15 is 0 Å². The monoisotopic (exact) mass is 343 g/mol. The van der Waals surface area contributed by atoms with Crippen molar-refractivity contribution in [2.75, 3.05) is 14.2 Å². The van der Waals surface area contributed by atoms with Crippen molar-refractivity contribution in [3.63, 3.8) is 0 Å². The number of thiophene rings is 1. The lowest BCUT2D eigenvalue weighted by Gasteiger charge is -2.12. The van der Waals surface area contributed by atoms with Gasteiger partial charge in [-0.3, -0.25) is 19.0 Å². The minimum atomic E-state index is -0.285. The highest BCUT2D eigenvalue weighted by Gasteiger charge is 2.22. The van der Waals surface area contributed by atoms with E-state index in [0.717, 1.165) is 10.6 Å². The van der Waals surface area contributed by atoms with Gasteiger partial charge < -0.3 is 0 Å². The van der Waals surface area contributed by atoms with E-state index in [1.54, 1.807) is 11.5 Å². The molecule has 0 atom stereocenters. The van der Waals surface area contributed by atoms with Gasteiger partial charge in [0.2, 0.25) is 0 Å². The highest BCUT2D eigenvalue weighted by atomic mass is 32.1. The van der Waals surface area contributed by atoms with Crippen LogP contribution in [0.2, 0.25) is 0 Å². The molecule has 0 unspecified atom stereocenters. The fourth-order valence-corrected chi connectivity index (χ4v) is 3.59. The predicted molar refractivity (Wildman–Crippen MR) is 93.3 cm³/mol. The van der Waals surface area contributed by atoms with Gasteiger partial charge in [0.1, 0.15) is 9.71 Å². The quantitative estimate of drug-likeness (QED) is 0.683. The van der Waals surface area contributed by atoms with Gasteiger partial charge in [-0.1, -0.05) is 30.3 Å². The van der Waals surface area contributed by atoms with E-state index in [1.807, 2.05) is 30.3 Å². The van der Waals surface area contributed by atoms with E-state index < -0.39 is 0 Å². The predicted octanol–water partition coefficient (Wildman–Crippen LogP) is 2.45. The number of hydroxylamine groups is 2. The fourth-order valence-electron chi connectivity index (χ4n) is 2.48. The Bertz CT molecular complexity index is 947. The molecule has 3 aromatic rings. The lowest BCUT2D eigenvalue weighted by molar-refractivity contribution is -0.0754. The summed E-state index contributed by atoms with van der Waals surface area (Å²) in [7, 11) is 2.96. The second-order valence-corrected chi connectivity index (χ2v) is 6.38. The normalized spacial score (nSPS) is 11.0. The summed E-state index contributed by atoms with van der Waals surface area (Å²) < 4.78 is 1.56. The second-order valence-electron chi connectivity index (χ2n) is 5.38. The molecule has 0 saturated heterocycles. The van der Waals surface area contributed by atoms with Crippen molar-refractivity contribution in [2.24, 2.45) is 0 Å². The number of benzene rings is 1. The summed E-state index contributed by atoms with van der Waals surface area (Å²) in [5.74, 6) is -0.285. The lowest BCUT2D eigenvalue weighted by Crippen LogP contribution is -2.25. The zero-order valence-electron chi connectivity index (χ0n) is 13.6. The molecule has 0 radical (unpaired) electrons. The standard InChI is InChI=1S/C17H17N3O3S/c1-11-13-15(24-14(11)17(22)19(2)23-3)18-10-20(16(13)21)9-12-7-5-4-6-8-12/h4-8,10H,9H2,1-3H3. The minimum absolute atomic E-state index is 0.142. The summed E-state index contributed by atoms with van der Waals surface area (Å²) in [6.45, 7) is 2.21. The Balaban J connectivity index is 2.07. The van der Waals surface area contributed by atoms with Crippen LogP contribution in [0.1, 0.15) is 20.8 Å². The van der Waals surface area contributed by atoms with E-state index in [-0.39, 0.29) is 11.5 Å². The first-order valence-electron chi connectivity index (χ1n) is 7.37. The largest absolute Gasteiger partial charge is 0.294 e. The van der Waals surface area contributed by atoms with Gasteiger partial charge in [-0.2, -0.15) is 0 Å². The van der Waals surface area contributed by atoms with Crippen molar-refractivity contribution >= 4 is 27.5 Å². The molecule has 6 nitrogen and oxygen atoms in total. The summed E-state index contributed by atoms with van der Waals surface area (Å²) >= 11 is 1.21. The van der Waals surface area contributed by atoms with E-state index in [4.69, 9.17) is 4.84 Å². The smallest absolute Gasteiger partial charge is 0.287 e. The first kappa shape index (κ1) is 16.4. The maximum Gasteiger partial charge on any atom is 0.287 e. The molecular weight excluding hydrogens is 326 g/mol. The topological polar surface area (TPSA) is 64.4 Å². The number of hydrogen-bond donors (Lipinski definition) is 0. The molecule has 0 bridgehead atoms. The van der Waals surface area contributed by atoms with Crippen LogP contribution in [0, 0.1) is 6.92 Å². The Labute approximate surface area is 142 Å². The number of nitrogens with zero attached hydrogens (tertiary/aromatic N) is 3. The van der Waals surface area contributed by atoms with E-state index in [2.05, 4.69) is 4.98 Å². The third-order valence-corrected chi connectivity index (χ3v) is 5.05. The van der Waals surface area contributed by atoms with E-state index in [9.17, 15) is 9.59 Å². The molecule has 2 aromatic heterocycles. The van der Waals surface area contributed by atoms with Gasteiger partial charge in [0, 0.05) is 7.05 Å². The van der Waals surface area contributed by atoms with Crippen molar-refractivity contribution in [3.8, 4) is 0 Å². The fraction of sp³-hybridized carbons (Fsp3) is 0.235. The average molecular weight is 343 g/mol. The van der Waals surface area contributed by atoms with Crippen molar-refractivity contribution in [2.45, 2.75) is 13.5 Å². The Morgan fingerprint density at radius 1 is 1.33 bits per heavy atom. The molecule has 1 aromatic carbocycles. The van der Waals surface area contributed by atoms with E-state index in [0.29, 0.717) is 27.2 Å². The van der Waals surface area contributed by atoms with Crippen molar-refractivity contribution < 1.29 is 9.63 Å². The van der Waals surface area contributed by atoms with Gasteiger partial charge >= 0.3 is 0 Å². The molecular formula is C17H17N3O3S. The number of amides is 1. The van der Waals surface area contributed by atoms with Crippen LogP contribution in [-0.4, -0.2) is 34.7 Å². The van der Waals surface area contributed by atoms with Crippen LogP contribution in [0.3, 0.4) is 0 Å². The number of carbonyl (C=O) groups excluding carboxylic acids is 1. The Morgan fingerprint density at radius 3 is 2.71 bits per heavy atom. The maximum atomic E-state index is 12.8. The van der Waals surface area contributed by atoms with Gasteiger partial charge in [-0.05, 0) is 18.1 Å². The molecule has 0 saturated carbocycles. The molecule has 3 rings (SSSR count). The van der Waals surface area contributed by atoms with Crippen LogP contribution in [0.15, 0.2) is 41.5 Å². The Hall–Kier alpha value is -2.51. The van der Waals surface area contributed by atoms with Crippen LogP contribution in [0.25, 0.3) is 10.2 Å². The lowest BCUT2D eigenvalue weighted by atomic mass is 10.2. The van der Waals surface area contributed by atoms with Gasteiger partial charge in [0.25, 0.3) is 11.5 Å². The highest BCUT2D eigenvalue weighted by Crippen LogP contribution is 2.27. The van der Waals surface area contributed by atoms with Crippen LogP contribution in [0.5, 0.6) is 0 Å². The summed E-state index contributed by atoms with van der Waals surface area (Å²) in [4.78, 5) is 35.5. The van der Waals surface area contributed by atoms with Crippen LogP contribution in [-0.2, 0) is 11.4 Å². The number of hydrogen-bond acceptors (Lipinski definition) is 5. The molecule has 0 fully saturated rings. The van der Waals surface area contributed by atoms with Gasteiger partial charge in [0.15, 0.2) is 0 Å². The van der Waals surface area contributed by atoms with Crippen molar-refractivity contribution in [3.05, 3.63) is 63.0 Å². The summed E-state index contributed by atoms with van der Waals surface area (Å²) in [5, 5.41) is 1.63. The molecule has 0 spiro atoms. The maximum absolute atomic E-state index is 12.8. The highest BCUT2D eigenvalue weighted by molar-refractivity contribution is 7.20. The SMILES string of the molecule is CON(C)C(=O)c1sc2ncn(Cc3ccccc3)c(=O)c2c1C. The summed E-state index contributed by atoms with van der Waals surface area (Å²) in [6, 6.07) is 9.71. The Morgan fingerprint density at radius 2 is 2.04 bits per heavy atom. The third kappa shape index (κ3) is 2.83. The number of carbonyl (C=O) groups is 1. The Kier molecular flexibility index (Phi) is 4.46. The van der Waals surface area contributed by atoms with Gasteiger partial charge in [-0.25, -0.2) is 10.0 Å². The van der Waals surface area contributed by atoms with Crippen molar-refractivity contribution in [1.82, 2.24) is 14.6 Å². The molecule has 1 amide bonds. The number of aromatic nitrogens is 2. The zero-order chi connectivity index (χ0) is 17.3.